The van der Waals surface area contributed by atoms with Gasteiger partial charge in [-0.2, -0.15) is 36.2 Å². The van der Waals surface area contributed by atoms with Gasteiger partial charge in [-0.1, -0.05) is 12.2 Å². The quantitative estimate of drug-likeness (QED) is 0.0164. The number of thiocarbonyl (C=S) groups is 1. The van der Waals surface area contributed by atoms with Crippen LogP contribution in [-0.4, -0.2) is 119 Å². The van der Waals surface area contributed by atoms with Crippen LogP contribution in [0, 0.1) is 68.6 Å². The summed E-state index contributed by atoms with van der Waals surface area (Å²) >= 11 is 24.7. The van der Waals surface area contributed by atoms with E-state index in [1.54, 1.807) is 90.0 Å². The van der Waals surface area contributed by atoms with Crippen molar-refractivity contribution in [2.24, 2.45) is 27.0 Å². The van der Waals surface area contributed by atoms with Crippen molar-refractivity contribution in [2.75, 3.05) is 42.1 Å². The van der Waals surface area contributed by atoms with Gasteiger partial charge >= 0.3 is 6.09 Å². The van der Waals surface area contributed by atoms with Gasteiger partial charge in [0.25, 0.3) is 0 Å². The Balaban J connectivity index is 0.000000292. The molecule has 1 fully saturated rings. The Morgan fingerprint density at radius 1 is 0.663 bits per heavy atom. The van der Waals surface area contributed by atoms with Gasteiger partial charge in [0.05, 0.1) is 4.47 Å². The van der Waals surface area contributed by atoms with Gasteiger partial charge in [-0.05, 0) is 213 Å². The van der Waals surface area contributed by atoms with Crippen molar-refractivity contribution < 1.29 is 23.7 Å². The molecule has 1 saturated heterocycles. The highest BCUT2D eigenvalue weighted by Gasteiger charge is 2.24. The first-order valence-electron chi connectivity index (χ1n) is 29.3. The molecule has 2 unspecified atom stereocenters. The Bertz CT molecular complexity index is 4590. The third kappa shape index (κ3) is 28.3. The molecule has 12 aromatic rings. The van der Waals surface area contributed by atoms with E-state index < -0.39 is 11.7 Å². The van der Waals surface area contributed by atoms with Crippen molar-refractivity contribution in [2.45, 2.75) is 86.4 Å². The summed E-state index contributed by atoms with van der Waals surface area (Å²) in [4.78, 5) is 28.2. The largest absolute Gasteiger partial charge is 0.443 e. The lowest BCUT2D eigenvalue weighted by molar-refractivity contribution is -0.185. The highest BCUT2D eigenvalue weighted by molar-refractivity contribution is 14.1. The van der Waals surface area contributed by atoms with E-state index in [-0.39, 0.29) is 12.6 Å². The van der Waals surface area contributed by atoms with Crippen LogP contribution >= 0.6 is 110 Å². The van der Waals surface area contributed by atoms with Crippen LogP contribution in [0.4, 0.5) is 28.1 Å². The Labute approximate surface area is 641 Å². The van der Waals surface area contributed by atoms with Crippen molar-refractivity contribution in [1.82, 2.24) is 82.2 Å². The van der Waals surface area contributed by atoms with E-state index in [1.165, 1.54) is 35.5 Å². The Hall–Kier alpha value is -8.79. The number of anilines is 4. The minimum absolute atomic E-state index is 0.0463. The number of fused-ring (bicyclic) bond motifs is 4. The Kier molecular flexibility index (Phi) is 37.5. The molecule has 538 valence electrons. The zero-order valence-electron chi connectivity index (χ0n) is 57.3. The standard InChI is InChI=1S/C8H9BrN4.C8H10N4.C7H8N4.C6H5BrN4.C6H5BrN2.C6H6N2.C6H12O3.C5H3BrClN3.C5H12N2O2.C5H7N.CHIS/c1-4-5(2)13-7(6(4)9)8(10)11-3-12-13;1-5-3-7-8(9)10-4-11-12(7)6(5)2;1-5-2-6-7(8)9-4-10-11(6)3-5;7-4-1-5-6(8)9-3-10-11(5)2-4;1-9-4-5(7)2-6(9)3-8;1-8-4-2-3-6(8)5-7;1-7-5-3-4-6(8-2)9-5;6-4-1-5(2-8)10(3-4)9-7;1-5(2,3)9-4(8)7-6;1-6-4-2-3-5-6;2-1-3/h3H,1-2H3,(H2,10,11,12);3-4H,1-2H3,(H2,9,10,11);2-4H,1H3,(H2,8,9,10);1-3H,(H2,8,9,10);2,4H,1H3;2-4H,1H3;5-6H,3-4H2,1-2H3;1,3,9H;6H2,1-3H3,(H,7,8);2-5H,1H3;1H. The number of aromatic nitrogens is 16. The predicted octanol–water partition coefficient (Wildman–Crippen LogP) is 12.2. The van der Waals surface area contributed by atoms with E-state index in [0.717, 1.165) is 75.3 Å². The number of nitriles is 3. The number of nitrogen functional groups attached to an aromatic ring is 4. The van der Waals surface area contributed by atoms with Gasteiger partial charge in [0.2, 0.25) is 0 Å². The molecule has 0 aliphatic carbocycles. The molecule has 0 saturated carbocycles. The van der Waals surface area contributed by atoms with Crippen molar-refractivity contribution in [3.63, 3.8) is 0 Å². The minimum atomic E-state index is -0.609. The number of nitrogens with one attached hydrogen (secondary N) is 2. The molecule has 101 heavy (non-hydrogen) atoms. The van der Waals surface area contributed by atoms with Gasteiger partial charge in [0.1, 0.15) is 88.3 Å². The minimum Gasteiger partial charge on any atom is -0.443 e. The van der Waals surface area contributed by atoms with Crippen LogP contribution in [0.15, 0.2) is 141 Å². The monoisotopic (exact) mass is 1790 g/mol. The summed E-state index contributed by atoms with van der Waals surface area (Å²) in [5, 5.41) is 41.4. The van der Waals surface area contributed by atoms with Gasteiger partial charge in [-0.15, -0.1) is 0 Å². The number of rotatable bonds is 3. The second-order valence-electron chi connectivity index (χ2n) is 21.5. The fourth-order valence-corrected chi connectivity index (χ4v) is 10.2. The number of hydrogen-bond donors (Lipinski definition) is 7. The number of aryl methyl sites for hydroxylation is 7. The van der Waals surface area contributed by atoms with Crippen LogP contribution in [0.2, 0.25) is 0 Å². The van der Waals surface area contributed by atoms with Crippen molar-refractivity contribution in [1.29, 1.82) is 15.8 Å². The fourth-order valence-electron chi connectivity index (χ4n) is 8.02. The van der Waals surface area contributed by atoms with E-state index in [2.05, 4.69) is 121 Å². The summed E-state index contributed by atoms with van der Waals surface area (Å²) in [6, 6.07) is 22.9. The van der Waals surface area contributed by atoms with Crippen LogP contribution in [0.25, 0.3) is 22.1 Å². The molecule has 0 radical (unpaired) electrons. The molecule has 12 aromatic heterocycles. The predicted molar refractivity (Wildman–Crippen MR) is 417 cm³/mol. The Morgan fingerprint density at radius 3 is 1.52 bits per heavy atom. The number of ether oxygens (including phenoxy) is 4. The van der Waals surface area contributed by atoms with Crippen molar-refractivity contribution in [3.8, 4) is 18.2 Å². The summed E-state index contributed by atoms with van der Waals surface area (Å²) in [5.41, 5.74) is 34.9. The van der Waals surface area contributed by atoms with Crippen LogP contribution in [-0.2, 0) is 40.1 Å². The lowest BCUT2D eigenvalue weighted by Gasteiger charge is -2.18. The maximum atomic E-state index is 10.4. The molecule has 13 rings (SSSR count). The van der Waals surface area contributed by atoms with Crippen LogP contribution < -0.4 is 39.1 Å². The summed E-state index contributed by atoms with van der Waals surface area (Å²) in [7, 11) is 8.97. The zero-order chi connectivity index (χ0) is 75.7. The third-order valence-corrected chi connectivity index (χ3v) is 15.6. The van der Waals surface area contributed by atoms with Gasteiger partial charge < -0.3 is 55.6 Å². The normalized spacial score (nSPS) is 12.1. The van der Waals surface area contributed by atoms with E-state index in [9.17, 15) is 4.79 Å². The van der Waals surface area contributed by atoms with Gasteiger partial charge in [-0.3, -0.25) is 5.43 Å². The molecule has 0 bridgehead atoms. The van der Waals surface area contributed by atoms with Crippen LogP contribution in [0.3, 0.4) is 0 Å². The van der Waals surface area contributed by atoms with Crippen molar-refractivity contribution >= 4 is 165 Å². The maximum absolute atomic E-state index is 10.4. The van der Waals surface area contributed by atoms with Crippen LogP contribution in [0.1, 0.15) is 78.8 Å². The first-order valence-corrected chi connectivity index (χ1v) is 34.6. The van der Waals surface area contributed by atoms with Gasteiger partial charge in [0, 0.05) is 132 Å². The number of nitrogens with two attached hydrogens (primary N) is 5. The topological polar surface area (TPSA) is 420 Å². The molecule has 1 aliphatic rings. The number of carbonyl (C=O) groups is 1. The first-order chi connectivity index (χ1) is 47.8. The average Bonchev–Trinajstić information content (AvgIpc) is 1.65. The molecule has 1 aliphatic heterocycles. The molecule has 0 spiro atoms. The van der Waals surface area contributed by atoms with Gasteiger partial charge in [0.15, 0.2) is 35.9 Å². The third-order valence-electron chi connectivity index (χ3n) is 13.2. The molecule has 31 nitrogen and oxygen atoms in total. The molecule has 1 amide bonds. The summed E-state index contributed by atoms with van der Waals surface area (Å²) in [6.07, 6.45) is 20.1. The summed E-state index contributed by atoms with van der Waals surface area (Å²) < 4.78 is 39.0. The number of carbonyl (C=O) groups excluding carboxylic acids is 1. The number of halogens is 6. The van der Waals surface area contributed by atoms with E-state index >= 15 is 0 Å². The van der Waals surface area contributed by atoms with Crippen molar-refractivity contribution in [3.05, 3.63) is 186 Å². The molecular formula is C63H78Br4ClIN26O5S. The lowest BCUT2D eigenvalue weighted by atomic mass is 10.2. The molecular weight excluding hydrogens is 1710 g/mol. The highest BCUT2D eigenvalue weighted by Crippen LogP contribution is 2.29. The van der Waals surface area contributed by atoms with Crippen LogP contribution in [0.5, 0.6) is 0 Å². The number of hydrogen-bond acceptors (Lipinski definition) is 23. The average molecular weight is 1790 g/mol. The van der Waals surface area contributed by atoms with E-state index in [0.29, 0.717) is 40.4 Å². The number of hydrazine groups is 1. The molecule has 12 N–H and O–H groups in total. The smallest absolute Gasteiger partial charge is 0.421 e. The van der Waals surface area contributed by atoms with E-state index in [1.807, 2.05) is 180 Å². The fraction of sp³-hybridized carbons (Fsp3) is 0.286. The van der Waals surface area contributed by atoms with Gasteiger partial charge in [-0.25, -0.2) is 58.3 Å². The van der Waals surface area contributed by atoms with E-state index in [4.69, 9.17) is 75.3 Å². The number of nitrogens with zero attached hydrogens (tertiary/aromatic N) is 19. The summed E-state index contributed by atoms with van der Waals surface area (Å²) in [5.74, 6) is 6.79. The zero-order valence-corrected chi connectivity index (χ0v) is 67.4. The molecule has 13 heterocycles. The first kappa shape index (κ1) is 86.4. The molecule has 2 atom stereocenters. The Morgan fingerprint density at radius 2 is 1.15 bits per heavy atom. The SMILES string of the molecule is CC(C)(C)OC(=O)NN.COC1CCC(OC)O1.Cc1c(Br)c2c(N)ncnn2c1C.Cc1cc2c(N)ncnn2c1.Cc1cc2c(N)ncnn2c1C.Cn1cc(Br)cc1C#N.Cn1cccc1.Cn1cccc1C#N.N#Cc1cc(Br)cn1NCl.Nc1ncnn2cc(Br)cc12.S=CI. The number of amides is 1. The maximum Gasteiger partial charge on any atom is 0.421 e. The molecule has 38 heteroatoms. The highest BCUT2D eigenvalue weighted by atomic mass is 127. The summed E-state index contributed by atoms with van der Waals surface area (Å²) in [6.45, 7) is 15.4. The second-order valence-corrected chi connectivity index (χ2v) is 26.9. The second kappa shape index (κ2) is 43.8. The lowest BCUT2D eigenvalue weighted by Crippen LogP contribution is -2.36. The number of methoxy groups -OCH3 is 2. The molecule has 0 aromatic carbocycles.